The Kier molecular flexibility index (Phi) is 6.27. The predicted octanol–water partition coefficient (Wildman–Crippen LogP) is 4.90. The molecule has 3 aromatic rings. The zero-order chi connectivity index (χ0) is 21.9. The smallest absolute Gasteiger partial charge is 0.261 e. The minimum absolute atomic E-state index is 0.0375. The maximum absolute atomic E-state index is 12.8. The van der Waals surface area contributed by atoms with Crippen LogP contribution in [0.5, 0.6) is 0 Å². The van der Waals surface area contributed by atoms with Crippen molar-refractivity contribution in [2.75, 3.05) is 4.72 Å². The van der Waals surface area contributed by atoms with E-state index in [2.05, 4.69) is 10.0 Å². The van der Waals surface area contributed by atoms with E-state index in [1.807, 2.05) is 52.0 Å². The fourth-order valence-electron chi connectivity index (χ4n) is 3.12. The molecule has 0 heterocycles. The molecule has 0 aliphatic rings. The Morgan fingerprint density at radius 3 is 2.30 bits per heavy atom. The second-order valence-electron chi connectivity index (χ2n) is 7.54. The molecule has 6 heteroatoms. The maximum Gasteiger partial charge on any atom is 0.261 e. The van der Waals surface area contributed by atoms with Crippen molar-refractivity contribution in [1.82, 2.24) is 5.32 Å². The van der Waals surface area contributed by atoms with Crippen LogP contribution in [0.4, 0.5) is 5.69 Å². The highest BCUT2D eigenvalue weighted by molar-refractivity contribution is 7.92. The maximum atomic E-state index is 12.8. The van der Waals surface area contributed by atoms with Crippen LogP contribution in [-0.2, 0) is 10.0 Å². The Morgan fingerprint density at radius 1 is 0.867 bits per heavy atom. The fourth-order valence-corrected chi connectivity index (χ4v) is 4.22. The topological polar surface area (TPSA) is 75.3 Å². The van der Waals surface area contributed by atoms with Gasteiger partial charge in [-0.25, -0.2) is 8.42 Å². The molecular formula is C24H26N2O3S. The van der Waals surface area contributed by atoms with Gasteiger partial charge < -0.3 is 5.32 Å². The summed E-state index contributed by atoms with van der Waals surface area (Å²) in [7, 11) is -3.81. The molecule has 0 aliphatic heterocycles. The number of sulfonamides is 1. The Balaban J connectivity index is 1.78. The van der Waals surface area contributed by atoms with E-state index in [0.29, 0.717) is 5.69 Å². The molecule has 0 unspecified atom stereocenters. The van der Waals surface area contributed by atoms with Crippen molar-refractivity contribution in [3.63, 3.8) is 0 Å². The summed E-state index contributed by atoms with van der Waals surface area (Å²) in [6, 6.07) is 19.0. The zero-order valence-corrected chi connectivity index (χ0v) is 18.4. The van der Waals surface area contributed by atoms with Gasteiger partial charge in [0.1, 0.15) is 0 Å². The van der Waals surface area contributed by atoms with Crippen LogP contribution in [0, 0.1) is 20.8 Å². The van der Waals surface area contributed by atoms with E-state index in [4.69, 9.17) is 0 Å². The van der Waals surface area contributed by atoms with E-state index in [0.717, 1.165) is 16.7 Å². The highest BCUT2D eigenvalue weighted by Gasteiger charge is 2.18. The van der Waals surface area contributed by atoms with Crippen LogP contribution in [0.1, 0.15) is 45.6 Å². The van der Waals surface area contributed by atoms with Gasteiger partial charge in [-0.2, -0.15) is 0 Å². The molecule has 1 atom stereocenters. The first-order valence-corrected chi connectivity index (χ1v) is 11.2. The zero-order valence-electron chi connectivity index (χ0n) is 17.6. The molecular weight excluding hydrogens is 396 g/mol. The van der Waals surface area contributed by atoms with Crippen molar-refractivity contribution in [3.05, 3.63) is 94.5 Å². The van der Waals surface area contributed by atoms with Crippen LogP contribution >= 0.6 is 0 Å². The lowest BCUT2D eigenvalue weighted by Crippen LogP contribution is -2.27. The van der Waals surface area contributed by atoms with Crippen LogP contribution in [0.25, 0.3) is 0 Å². The average Bonchev–Trinajstić information content (AvgIpc) is 2.69. The molecule has 3 aromatic carbocycles. The molecule has 0 aliphatic carbocycles. The monoisotopic (exact) mass is 422 g/mol. The van der Waals surface area contributed by atoms with E-state index >= 15 is 0 Å². The molecule has 0 saturated carbocycles. The summed E-state index contributed by atoms with van der Waals surface area (Å²) >= 11 is 0. The van der Waals surface area contributed by atoms with Gasteiger partial charge >= 0.3 is 0 Å². The number of aryl methyl sites for hydroxylation is 3. The van der Waals surface area contributed by atoms with Gasteiger partial charge in [0.15, 0.2) is 0 Å². The normalized spacial score (nSPS) is 12.3. The number of nitrogens with one attached hydrogen (secondary N) is 2. The van der Waals surface area contributed by atoms with Crippen molar-refractivity contribution >= 4 is 21.6 Å². The van der Waals surface area contributed by atoms with E-state index in [9.17, 15) is 13.2 Å². The largest absolute Gasteiger partial charge is 0.346 e. The molecule has 0 spiro atoms. The number of amides is 1. The van der Waals surface area contributed by atoms with Gasteiger partial charge in [-0.1, -0.05) is 36.4 Å². The number of anilines is 1. The molecule has 2 N–H and O–H groups in total. The van der Waals surface area contributed by atoms with Crippen molar-refractivity contribution in [2.45, 2.75) is 38.6 Å². The number of hydrogen-bond donors (Lipinski definition) is 2. The van der Waals surface area contributed by atoms with E-state index in [1.165, 1.54) is 17.7 Å². The van der Waals surface area contributed by atoms with Gasteiger partial charge in [0, 0.05) is 11.3 Å². The third-order valence-corrected chi connectivity index (χ3v) is 6.43. The molecule has 0 bridgehead atoms. The minimum atomic E-state index is -3.81. The Labute approximate surface area is 178 Å². The Hall–Kier alpha value is -3.12. The third-order valence-electron chi connectivity index (χ3n) is 5.06. The minimum Gasteiger partial charge on any atom is -0.346 e. The number of benzene rings is 3. The Bertz CT molecular complexity index is 1190. The van der Waals surface area contributed by atoms with Gasteiger partial charge in [-0.3, -0.25) is 9.52 Å². The van der Waals surface area contributed by atoms with Crippen molar-refractivity contribution in [3.8, 4) is 0 Å². The van der Waals surface area contributed by atoms with Gasteiger partial charge in [0.2, 0.25) is 0 Å². The summed E-state index contributed by atoms with van der Waals surface area (Å²) in [6.45, 7) is 7.86. The van der Waals surface area contributed by atoms with Gasteiger partial charge in [0.05, 0.1) is 10.9 Å². The fraction of sp³-hybridized carbons (Fsp3) is 0.208. The molecule has 3 rings (SSSR count). The first-order chi connectivity index (χ1) is 14.2. The number of hydrogen-bond acceptors (Lipinski definition) is 3. The van der Waals surface area contributed by atoms with Crippen LogP contribution in [0.3, 0.4) is 0 Å². The first kappa shape index (κ1) is 21.6. The standard InChI is InChI=1S/C24H26N2O3S/c1-16-7-5-9-22(13-16)26-30(28,29)23-10-6-8-21(15-23)24(27)25-19(4)20-12-11-17(2)18(3)14-20/h5-15,19,26H,1-4H3,(H,25,27)/t19-/m1/s1. The molecule has 0 fully saturated rings. The van der Waals surface area contributed by atoms with Crippen LogP contribution in [0.2, 0.25) is 0 Å². The lowest BCUT2D eigenvalue weighted by molar-refractivity contribution is 0.0939. The SMILES string of the molecule is Cc1cccc(NS(=O)(=O)c2cccc(C(=O)N[C@H](C)c3ccc(C)c(C)c3)c2)c1. The predicted molar refractivity (Wildman–Crippen MR) is 120 cm³/mol. The number of rotatable bonds is 6. The van der Waals surface area contributed by atoms with Gasteiger partial charge in [0.25, 0.3) is 15.9 Å². The summed E-state index contributed by atoms with van der Waals surface area (Å²) in [5, 5.41) is 2.94. The van der Waals surface area contributed by atoms with Crippen LogP contribution in [0.15, 0.2) is 71.6 Å². The van der Waals surface area contributed by atoms with E-state index < -0.39 is 10.0 Å². The van der Waals surface area contributed by atoms with E-state index in [1.54, 1.807) is 30.3 Å². The molecule has 0 aromatic heterocycles. The lowest BCUT2D eigenvalue weighted by Gasteiger charge is -2.16. The van der Waals surface area contributed by atoms with Crippen LogP contribution < -0.4 is 10.0 Å². The van der Waals surface area contributed by atoms with E-state index in [-0.39, 0.29) is 22.4 Å². The molecule has 5 nitrogen and oxygen atoms in total. The number of carbonyl (C=O) groups is 1. The van der Waals surface area contributed by atoms with Crippen molar-refractivity contribution in [1.29, 1.82) is 0 Å². The summed E-state index contributed by atoms with van der Waals surface area (Å²) in [6.07, 6.45) is 0. The summed E-state index contributed by atoms with van der Waals surface area (Å²) in [4.78, 5) is 12.8. The molecule has 0 radical (unpaired) electrons. The second-order valence-corrected chi connectivity index (χ2v) is 9.22. The van der Waals surface area contributed by atoms with Crippen LogP contribution in [-0.4, -0.2) is 14.3 Å². The van der Waals surface area contributed by atoms with Crippen molar-refractivity contribution < 1.29 is 13.2 Å². The first-order valence-electron chi connectivity index (χ1n) is 9.73. The summed E-state index contributed by atoms with van der Waals surface area (Å²) in [5.41, 5.74) is 5.06. The molecule has 30 heavy (non-hydrogen) atoms. The number of carbonyl (C=O) groups excluding carboxylic acids is 1. The second kappa shape index (κ2) is 8.71. The highest BCUT2D eigenvalue weighted by atomic mass is 32.2. The summed E-state index contributed by atoms with van der Waals surface area (Å²) in [5.74, 6) is -0.326. The Morgan fingerprint density at radius 2 is 1.60 bits per heavy atom. The van der Waals surface area contributed by atoms with Crippen molar-refractivity contribution in [2.24, 2.45) is 0 Å². The quantitative estimate of drug-likeness (QED) is 0.593. The molecule has 1 amide bonds. The molecule has 156 valence electrons. The summed E-state index contributed by atoms with van der Waals surface area (Å²) < 4.78 is 28.1. The lowest BCUT2D eigenvalue weighted by atomic mass is 10.0. The van der Waals surface area contributed by atoms with Gasteiger partial charge in [-0.05, 0) is 80.3 Å². The highest BCUT2D eigenvalue weighted by Crippen LogP contribution is 2.20. The third kappa shape index (κ3) is 5.07. The van der Waals surface area contributed by atoms with Gasteiger partial charge in [-0.15, -0.1) is 0 Å². The molecule has 0 saturated heterocycles. The average molecular weight is 423 g/mol.